The van der Waals surface area contributed by atoms with Crippen LogP contribution in [0.4, 0.5) is 0 Å². The van der Waals surface area contributed by atoms with E-state index < -0.39 is 5.60 Å². The number of carbonyl (C=O) groups is 1. The van der Waals surface area contributed by atoms with Crippen molar-refractivity contribution in [3.05, 3.63) is 23.8 Å². The maximum absolute atomic E-state index is 11.9. The van der Waals surface area contributed by atoms with E-state index in [0.29, 0.717) is 17.1 Å². The van der Waals surface area contributed by atoms with E-state index in [-0.39, 0.29) is 25.9 Å². The minimum atomic E-state index is -1.10. The second-order valence-electron chi connectivity index (χ2n) is 4.68. The summed E-state index contributed by atoms with van der Waals surface area (Å²) in [5.41, 5.74) is -0.640. The molecule has 1 aromatic carbocycles. The molecule has 0 aromatic heterocycles. The van der Waals surface area contributed by atoms with Crippen LogP contribution in [0.1, 0.15) is 17.3 Å². The van der Waals surface area contributed by atoms with Crippen LogP contribution in [0.15, 0.2) is 18.2 Å². The summed E-state index contributed by atoms with van der Waals surface area (Å²) in [5, 5.41) is 12.5. The molecule has 1 aliphatic rings. The lowest BCUT2D eigenvalue weighted by atomic mass is 10.1. The van der Waals surface area contributed by atoms with Crippen LogP contribution in [0.3, 0.4) is 0 Å². The maximum atomic E-state index is 11.9. The van der Waals surface area contributed by atoms with Gasteiger partial charge in [0.05, 0.1) is 6.61 Å². The number of rotatable bonds is 5. The Hall–Kier alpha value is -1.79. The fourth-order valence-corrected chi connectivity index (χ4v) is 1.77. The number of fused-ring (bicyclic) bond motifs is 1. The Balaban J connectivity index is 1.97. The Morgan fingerprint density at radius 3 is 2.95 bits per heavy atom. The summed E-state index contributed by atoms with van der Waals surface area (Å²) in [6.45, 7) is 2.02. The van der Waals surface area contributed by atoms with Gasteiger partial charge in [0.2, 0.25) is 6.79 Å². The van der Waals surface area contributed by atoms with Crippen molar-refractivity contribution >= 4 is 5.91 Å². The molecule has 1 atom stereocenters. The summed E-state index contributed by atoms with van der Waals surface area (Å²) in [6.07, 6.45) is 0. The molecule has 0 radical (unpaired) electrons. The third kappa shape index (κ3) is 3.36. The highest BCUT2D eigenvalue weighted by Gasteiger charge is 2.22. The van der Waals surface area contributed by atoms with Crippen molar-refractivity contribution in [3.63, 3.8) is 0 Å². The van der Waals surface area contributed by atoms with Crippen molar-refractivity contribution in [1.29, 1.82) is 0 Å². The summed E-state index contributed by atoms with van der Waals surface area (Å²) in [6, 6.07) is 4.95. The van der Waals surface area contributed by atoms with Crippen LogP contribution in [-0.2, 0) is 4.74 Å². The molecule has 19 heavy (non-hydrogen) atoms. The molecule has 0 unspecified atom stereocenters. The van der Waals surface area contributed by atoms with Gasteiger partial charge >= 0.3 is 0 Å². The highest BCUT2D eigenvalue weighted by Crippen LogP contribution is 2.32. The lowest BCUT2D eigenvalue weighted by Gasteiger charge is -2.22. The number of hydrogen-bond acceptors (Lipinski definition) is 5. The van der Waals surface area contributed by atoms with Gasteiger partial charge < -0.3 is 24.6 Å². The van der Waals surface area contributed by atoms with Crippen molar-refractivity contribution in [2.24, 2.45) is 0 Å². The molecule has 2 N–H and O–H groups in total. The number of benzene rings is 1. The van der Waals surface area contributed by atoms with E-state index in [2.05, 4.69) is 5.32 Å². The largest absolute Gasteiger partial charge is 0.454 e. The minimum Gasteiger partial charge on any atom is -0.454 e. The van der Waals surface area contributed by atoms with Gasteiger partial charge in [0.1, 0.15) is 5.60 Å². The Kier molecular flexibility index (Phi) is 3.92. The van der Waals surface area contributed by atoms with Crippen LogP contribution >= 0.6 is 0 Å². The molecule has 6 heteroatoms. The number of nitrogens with one attached hydrogen (secondary N) is 1. The average Bonchev–Trinajstić information content (AvgIpc) is 2.83. The molecule has 0 bridgehead atoms. The van der Waals surface area contributed by atoms with Crippen LogP contribution in [0.25, 0.3) is 0 Å². The smallest absolute Gasteiger partial charge is 0.251 e. The number of carbonyl (C=O) groups excluding carboxylic acids is 1. The second-order valence-corrected chi connectivity index (χ2v) is 4.68. The maximum Gasteiger partial charge on any atom is 0.251 e. The predicted molar refractivity (Wildman–Crippen MR) is 67.4 cm³/mol. The number of amides is 1. The van der Waals surface area contributed by atoms with E-state index in [0.717, 1.165) is 0 Å². The first-order valence-corrected chi connectivity index (χ1v) is 5.91. The van der Waals surface area contributed by atoms with Crippen LogP contribution in [0.5, 0.6) is 11.5 Å². The first-order valence-electron chi connectivity index (χ1n) is 5.91. The van der Waals surface area contributed by atoms with Gasteiger partial charge in [-0.05, 0) is 25.1 Å². The van der Waals surface area contributed by atoms with E-state index in [1.165, 1.54) is 7.11 Å². The number of methoxy groups -OCH3 is 1. The third-order valence-corrected chi connectivity index (χ3v) is 2.72. The van der Waals surface area contributed by atoms with Crippen molar-refractivity contribution < 1.29 is 24.1 Å². The Labute approximate surface area is 111 Å². The monoisotopic (exact) mass is 267 g/mol. The van der Waals surface area contributed by atoms with Crippen LogP contribution in [-0.4, -0.2) is 43.7 Å². The summed E-state index contributed by atoms with van der Waals surface area (Å²) in [5.74, 6) is 0.897. The van der Waals surface area contributed by atoms with E-state index in [1.807, 2.05) is 0 Å². The van der Waals surface area contributed by atoms with E-state index >= 15 is 0 Å². The summed E-state index contributed by atoms with van der Waals surface area (Å²) in [4.78, 5) is 11.9. The summed E-state index contributed by atoms with van der Waals surface area (Å²) in [7, 11) is 1.49. The molecule has 2 rings (SSSR count). The fourth-order valence-electron chi connectivity index (χ4n) is 1.77. The highest BCUT2D eigenvalue weighted by molar-refractivity contribution is 5.94. The van der Waals surface area contributed by atoms with Crippen molar-refractivity contribution in [2.75, 3.05) is 27.1 Å². The molecule has 0 aliphatic carbocycles. The van der Waals surface area contributed by atoms with Gasteiger partial charge in [0, 0.05) is 19.2 Å². The fraction of sp³-hybridized carbons (Fsp3) is 0.462. The third-order valence-electron chi connectivity index (χ3n) is 2.72. The van der Waals surface area contributed by atoms with E-state index in [4.69, 9.17) is 14.2 Å². The van der Waals surface area contributed by atoms with Gasteiger partial charge in [0.25, 0.3) is 5.91 Å². The Morgan fingerprint density at radius 2 is 2.21 bits per heavy atom. The van der Waals surface area contributed by atoms with Gasteiger partial charge in [-0.3, -0.25) is 4.79 Å². The lowest BCUT2D eigenvalue weighted by molar-refractivity contribution is -0.0147. The molecule has 0 saturated carbocycles. The standard InChI is InChI=1S/C13H17NO5/c1-13(16,7-17-2)6-14-12(15)9-3-4-10-11(5-9)19-8-18-10/h3-5,16H,6-8H2,1-2H3,(H,14,15)/t13-/m1/s1. The van der Waals surface area contributed by atoms with Gasteiger partial charge in [0.15, 0.2) is 11.5 Å². The number of aliphatic hydroxyl groups is 1. The first kappa shape index (κ1) is 13.6. The molecular weight excluding hydrogens is 250 g/mol. The average molecular weight is 267 g/mol. The van der Waals surface area contributed by atoms with E-state index in [9.17, 15) is 9.90 Å². The number of hydrogen-bond donors (Lipinski definition) is 2. The molecule has 0 fully saturated rings. The lowest BCUT2D eigenvalue weighted by Crippen LogP contribution is -2.43. The quantitative estimate of drug-likeness (QED) is 0.814. The first-order chi connectivity index (χ1) is 9.02. The summed E-state index contributed by atoms with van der Waals surface area (Å²) < 4.78 is 15.2. The van der Waals surface area contributed by atoms with Gasteiger partial charge in [-0.1, -0.05) is 0 Å². The van der Waals surface area contributed by atoms with Gasteiger partial charge in [-0.2, -0.15) is 0 Å². The zero-order chi connectivity index (χ0) is 13.9. The van der Waals surface area contributed by atoms with Crippen molar-refractivity contribution in [2.45, 2.75) is 12.5 Å². The Bertz CT molecular complexity index is 472. The van der Waals surface area contributed by atoms with Crippen molar-refractivity contribution in [1.82, 2.24) is 5.32 Å². The highest BCUT2D eigenvalue weighted by atomic mass is 16.7. The molecular formula is C13H17NO5. The second kappa shape index (κ2) is 5.46. The van der Waals surface area contributed by atoms with Gasteiger partial charge in [-0.15, -0.1) is 0 Å². The molecule has 1 aromatic rings. The molecule has 1 amide bonds. The Morgan fingerprint density at radius 1 is 1.47 bits per heavy atom. The van der Waals surface area contributed by atoms with Crippen molar-refractivity contribution in [3.8, 4) is 11.5 Å². The molecule has 0 saturated heterocycles. The molecule has 0 spiro atoms. The molecule has 1 heterocycles. The van der Waals surface area contributed by atoms with Crippen LogP contribution in [0.2, 0.25) is 0 Å². The molecule has 6 nitrogen and oxygen atoms in total. The SMILES string of the molecule is COC[C@](C)(O)CNC(=O)c1ccc2c(c1)OCO2. The predicted octanol–water partition coefficient (Wildman–Crippen LogP) is 0.542. The van der Waals surface area contributed by atoms with Crippen LogP contribution < -0.4 is 14.8 Å². The molecule has 1 aliphatic heterocycles. The van der Waals surface area contributed by atoms with Crippen LogP contribution in [0, 0.1) is 0 Å². The topological polar surface area (TPSA) is 77.0 Å². The normalized spacial score (nSPS) is 15.9. The number of ether oxygens (including phenoxy) is 3. The summed E-state index contributed by atoms with van der Waals surface area (Å²) >= 11 is 0. The zero-order valence-corrected chi connectivity index (χ0v) is 10.9. The van der Waals surface area contributed by atoms with E-state index in [1.54, 1.807) is 25.1 Å². The van der Waals surface area contributed by atoms with Gasteiger partial charge in [-0.25, -0.2) is 0 Å². The zero-order valence-electron chi connectivity index (χ0n) is 10.9. The molecule has 104 valence electrons. The minimum absolute atomic E-state index is 0.105.